The molecule has 1 aliphatic rings. The predicted molar refractivity (Wildman–Crippen MR) is 199 cm³/mol. The molecule has 0 saturated heterocycles. The molecule has 1 N–H and O–H groups in total. The third-order valence-electron chi connectivity index (χ3n) is 9.25. The van der Waals surface area contributed by atoms with Gasteiger partial charge in [0.15, 0.2) is 23.1 Å². The van der Waals surface area contributed by atoms with Crippen LogP contribution in [0.3, 0.4) is 0 Å². The average molecular weight is 689 g/mol. The van der Waals surface area contributed by atoms with Gasteiger partial charge in [-0.2, -0.15) is 0 Å². The zero-order valence-electron chi connectivity index (χ0n) is 28.3. The molecule has 258 valence electrons. The Kier molecular flexibility index (Phi) is 11.0. The van der Waals surface area contributed by atoms with Crippen molar-refractivity contribution in [3.8, 4) is 5.75 Å². The average Bonchev–Trinajstić information content (AvgIpc) is 3.20. The van der Waals surface area contributed by atoms with Gasteiger partial charge in [-0.25, -0.2) is 4.79 Å². The fraction of sp³-hybridized carbons (Fsp3) is 0.133. The Morgan fingerprint density at radius 1 is 0.538 bits per heavy atom. The SMILES string of the molecule is O=C(/C=C/c1ccc(C(=O)Oc2ccc(C(=O)C3(O)CCC(C(=O)c4ccc(/C=C/C(=O)c5ccccc5)cc4)CC3)cc2)cc1)c1ccccc1. The Morgan fingerprint density at radius 3 is 1.46 bits per heavy atom. The van der Waals surface area contributed by atoms with Gasteiger partial charge in [0.1, 0.15) is 11.4 Å². The number of carbonyl (C=O) groups is 5. The summed E-state index contributed by atoms with van der Waals surface area (Å²) in [5.41, 5.74) is 2.27. The third kappa shape index (κ3) is 8.70. The van der Waals surface area contributed by atoms with E-state index in [2.05, 4.69) is 0 Å². The Labute approximate surface area is 301 Å². The van der Waals surface area contributed by atoms with E-state index in [-0.39, 0.29) is 47.4 Å². The molecule has 1 fully saturated rings. The predicted octanol–water partition coefficient (Wildman–Crippen LogP) is 8.68. The summed E-state index contributed by atoms with van der Waals surface area (Å²) in [5, 5.41) is 11.3. The molecular formula is C45H36O7. The first-order valence-corrected chi connectivity index (χ1v) is 17.1. The molecule has 7 nitrogen and oxygen atoms in total. The van der Waals surface area contributed by atoms with E-state index in [1.54, 1.807) is 97.1 Å². The van der Waals surface area contributed by atoms with Gasteiger partial charge in [-0.05, 0) is 85.4 Å². The van der Waals surface area contributed by atoms with Crippen LogP contribution >= 0.6 is 0 Å². The van der Waals surface area contributed by atoms with Crippen LogP contribution in [0.5, 0.6) is 5.75 Å². The summed E-state index contributed by atoms with van der Waals surface area (Å²) in [4.78, 5) is 64.0. The molecule has 0 amide bonds. The van der Waals surface area contributed by atoms with Crippen LogP contribution in [0.15, 0.2) is 146 Å². The van der Waals surface area contributed by atoms with Crippen molar-refractivity contribution in [2.75, 3.05) is 0 Å². The zero-order chi connectivity index (χ0) is 36.5. The lowest BCUT2D eigenvalue weighted by atomic mass is 9.73. The van der Waals surface area contributed by atoms with Gasteiger partial charge in [-0.1, -0.05) is 109 Å². The van der Waals surface area contributed by atoms with Crippen molar-refractivity contribution in [1.29, 1.82) is 0 Å². The largest absolute Gasteiger partial charge is 0.423 e. The summed E-state index contributed by atoms with van der Waals surface area (Å²) in [7, 11) is 0. The minimum absolute atomic E-state index is 0.0409. The quantitative estimate of drug-likeness (QED) is 0.0604. The molecule has 0 aromatic heterocycles. The molecule has 0 heterocycles. The number of hydrogen-bond acceptors (Lipinski definition) is 7. The van der Waals surface area contributed by atoms with Crippen molar-refractivity contribution in [3.05, 3.63) is 185 Å². The zero-order valence-corrected chi connectivity index (χ0v) is 28.3. The highest BCUT2D eigenvalue weighted by Crippen LogP contribution is 2.36. The van der Waals surface area contributed by atoms with Crippen molar-refractivity contribution in [2.24, 2.45) is 5.92 Å². The Morgan fingerprint density at radius 2 is 0.981 bits per heavy atom. The molecule has 0 spiro atoms. The van der Waals surface area contributed by atoms with Crippen LogP contribution < -0.4 is 4.74 Å². The van der Waals surface area contributed by atoms with E-state index in [0.29, 0.717) is 35.1 Å². The van der Waals surface area contributed by atoms with E-state index in [1.165, 1.54) is 36.4 Å². The van der Waals surface area contributed by atoms with Gasteiger partial charge in [0.2, 0.25) is 0 Å². The Hall–Kier alpha value is -6.31. The molecule has 1 aliphatic carbocycles. The van der Waals surface area contributed by atoms with E-state index in [0.717, 1.165) is 11.1 Å². The van der Waals surface area contributed by atoms with E-state index in [4.69, 9.17) is 4.74 Å². The number of allylic oxidation sites excluding steroid dienone is 2. The maximum absolute atomic E-state index is 13.4. The molecule has 6 rings (SSSR count). The molecule has 7 heteroatoms. The van der Waals surface area contributed by atoms with Gasteiger partial charge in [0.25, 0.3) is 0 Å². The first-order chi connectivity index (χ1) is 25.2. The standard InChI is InChI=1S/C45H36O7/c46-40(33-7-3-1-4-8-33)25-15-31-11-17-35(18-12-31)42(48)36-27-29-45(51,30-28-36)43(49)37-21-23-39(24-22-37)52-44(50)38-19-13-32(14-20-38)16-26-41(47)34-9-5-2-6-10-34/h1-26,36,51H,27-30H2/b25-15+,26-16+. The van der Waals surface area contributed by atoms with Crippen LogP contribution in [0.1, 0.15) is 88.6 Å². The lowest BCUT2D eigenvalue weighted by Crippen LogP contribution is -2.43. The number of hydrogen-bond donors (Lipinski definition) is 1. The highest BCUT2D eigenvalue weighted by Gasteiger charge is 2.41. The number of ketones is 4. The molecule has 0 unspecified atom stereocenters. The summed E-state index contributed by atoms with van der Waals surface area (Å²) in [5.74, 6) is -1.37. The smallest absolute Gasteiger partial charge is 0.343 e. The molecule has 5 aromatic carbocycles. The summed E-state index contributed by atoms with van der Waals surface area (Å²) in [6.45, 7) is 0. The van der Waals surface area contributed by atoms with Gasteiger partial charge >= 0.3 is 5.97 Å². The van der Waals surface area contributed by atoms with Crippen molar-refractivity contribution in [2.45, 2.75) is 31.3 Å². The van der Waals surface area contributed by atoms with Crippen molar-refractivity contribution in [1.82, 2.24) is 0 Å². The van der Waals surface area contributed by atoms with Crippen molar-refractivity contribution in [3.63, 3.8) is 0 Å². The monoisotopic (exact) mass is 688 g/mol. The van der Waals surface area contributed by atoms with Gasteiger partial charge in [0, 0.05) is 28.2 Å². The first kappa shape index (κ1) is 35.5. The summed E-state index contributed by atoms with van der Waals surface area (Å²) >= 11 is 0. The van der Waals surface area contributed by atoms with E-state index >= 15 is 0 Å². The number of Topliss-reactive ketones (excluding diaryl/α,β-unsaturated/α-hetero) is 2. The van der Waals surface area contributed by atoms with E-state index in [1.807, 2.05) is 24.3 Å². The molecular weight excluding hydrogens is 652 g/mol. The normalized spacial score (nSPS) is 17.1. The number of carbonyl (C=O) groups excluding carboxylic acids is 5. The highest BCUT2D eigenvalue weighted by atomic mass is 16.5. The Bertz CT molecular complexity index is 2120. The second-order valence-electron chi connectivity index (χ2n) is 12.8. The number of esters is 1. The number of rotatable bonds is 12. The van der Waals surface area contributed by atoms with Gasteiger partial charge in [-0.15, -0.1) is 0 Å². The molecule has 0 bridgehead atoms. The second kappa shape index (κ2) is 16.1. The molecule has 0 atom stereocenters. The minimum atomic E-state index is -1.60. The third-order valence-corrected chi connectivity index (χ3v) is 9.25. The summed E-state index contributed by atoms with van der Waals surface area (Å²) in [6, 6.07) is 37.6. The minimum Gasteiger partial charge on any atom is -0.423 e. The van der Waals surface area contributed by atoms with Crippen LogP contribution in [0, 0.1) is 5.92 Å². The molecule has 5 aromatic rings. The summed E-state index contributed by atoms with van der Waals surface area (Å²) < 4.78 is 5.49. The number of aliphatic hydroxyl groups is 1. The lowest BCUT2D eigenvalue weighted by molar-refractivity contribution is 0.00380. The maximum Gasteiger partial charge on any atom is 0.343 e. The van der Waals surface area contributed by atoms with Crippen molar-refractivity contribution >= 4 is 41.3 Å². The van der Waals surface area contributed by atoms with Gasteiger partial charge in [-0.3, -0.25) is 19.2 Å². The van der Waals surface area contributed by atoms with Gasteiger partial charge in [0.05, 0.1) is 5.56 Å². The number of ether oxygens (including phenoxy) is 1. The fourth-order valence-corrected chi connectivity index (χ4v) is 6.16. The van der Waals surface area contributed by atoms with Crippen LogP contribution in [0.4, 0.5) is 0 Å². The maximum atomic E-state index is 13.4. The molecule has 0 radical (unpaired) electrons. The second-order valence-corrected chi connectivity index (χ2v) is 12.8. The summed E-state index contributed by atoms with van der Waals surface area (Å²) in [6.07, 6.45) is 7.39. The molecule has 1 saturated carbocycles. The van der Waals surface area contributed by atoms with Gasteiger partial charge < -0.3 is 9.84 Å². The van der Waals surface area contributed by atoms with Crippen LogP contribution in [-0.4, -0.2) is 39.8 Å². The van der Waals surface area contributed by atoms with Crippen LogP contribution in [0.25, 0.3) is 12.2 Å². The number of benzene rings is 5. The van der Waals surface area contributed by atoms with E-state index in [9.17, 15) is 29.1 Å². The van der Waals surface area contributed by atoms with E-state index < -0.39 is 17.4 Å². The van der Waals surface area contributed by atoms with Crippen LogP contribution in [-0.2, 0) is 0 Å². The van der Waals surface area contributed by atoms with Crippen LogP contribution in [0.2, 0.25) is 0 Å². The fourth-order valence-electron chi connectivity index (χ4n) is 6.16. The lowest BCUT2D eigenvalue weighted by Gasteiger charge is -2.34. The topological polar surface area (TPSA) is 115 Å². The Balaban J connectivity index is 0.986. The highest BCUT2D eigenvalue weighted by molar-refractivity contribution is 6.07. The molecule has 52 heavy (non-hydrogen) atoms. The first-order valence-electron chi connectivity index (χ1n) is 17.1. The molecule has 0 aliphatic heterocycles. The van der Waals surface area contributed by atoms with Crippen molar-refractivity contribution < 1.29 is 33.8 Å².